The highest BCUT2D eigenvalue weighted by atomic mass is 32.1. The van der Waals surface area contributed by atoms with Crippen molar-refractivity contribution >= 4 is 23.0 Å². The number of aliphatic imine (C=N–C) groups is 1. The van der Waals surface area contributed by atoms with Crippen LogP contribution in [0.5, 0.6) is 11.5 Å². The average Bonchev–Trinajstić information content (AvgIpc) is 2.92. The lowest BCUT2D eigenvalue weighted by molar-refractivity contribution is 0.297. The van der Waals surface area contributed by atoms with Crippen LogP contribution in [0.25, 0.3) is 0 Å². The highest BCUT2D eigenvalue weighted by molar-refractivity contribution is 7.09. The largest absolute Gasteiger partial charge is 0.490 e. The Balaban J connectivity index is 1.63. The van der Waals surface area contributed by atoms with Crippen LogP contribution >= 0.6 is 11.3 Å². The zero-order valence-corrected chi connectivity index (χ0v) is 14.7. The number of fused-ring (bicyclic) bond motifs is 1. The van der Waals surface area contributed by atoms with Crippen molar-refractivity contribution in [2.45, 2.75) is 32.7 Å². The molecule has 0 bridgehead atoms. The van der Waals surface area contributed by atoms with Crippen LogP contribution in [-0.2, 0) is 6.54 Å². The van der Waals surface area contributed by atoms with Crippen molar-refractivity contribution in [1.82, 2.24) is 4.98 Å². The van der Waals surface area contributed by atoms with Crippen LogP contribution < -0.4 is 20.5 Å². The molecule has 3 rings (SSSR count). The second-order valence-corrected chi connectivity index (χ2v) is 6.80. The fourth-order valence-electron chi connectivity index (χ4n) is 2.24. The van der Waals surface area contributed by atoms with Gasteiger partial charge in [-0.3, -0.25) is 0 Å². The van der Waals surface area contributed by atoms with Gasteiger partial charge in [-0.2, -0.15) is 0 Å². The molecule has 0 atom stereocenters. The summed E-state index contributed by atoms with van der Waals surface area (Å²) in [6.45, 7) is 6.06. The minimum atomic E-state index is 0.353. The number of hydrogen-bond donors (Lipinski definition) is 2. The number of nitrogens with one attached hydrogen (secondary N) is 1. The number of ether oxygens (including phenoxy) is 2. The van der Waals surface area contributed by atoms with Gasteiger partial charge in [0.15, 0.2) is 17.5 Å². The molecular weight excluding hydrogens is 324 g/mol. The first-order chi connectivity index (χ1) is 11.6. The van der Waals surface area contributed by atoms with Gasteiger partial charge in [-0.05, 0) is 18.1 Å². The van der Waals surface area contributed by atoms with Crippen LogP contribution in [0.3, 0.4) is 0 Å². The van der Waals surface area contributed by atoms with E-state index in [1.807, 2.05) is 18.2 Å². The van der Waals surface area contributed by atoms with E-state index in [1.165, 1.54) is 0 Å². The molecule has 0 radical (unpaired) electrons. The molecule has 2 heterocycles. The van der Waals surface area contributed by atoms with Crippen LogP contribution in [0.4, 0.5) is 5.69 Å². The first-order valence-electron chi connectivity index (χ1n) is 8.02. The van der Waals surface area contributed by atoms with E-state index in [2.05, 4.69) is 34.5 Å². The number of guanidine groups is 1. The van der Waals surface area contributed by atoms with Gasteiger partial charge in [0.25, 0.3) is 0 Å². The minimum Gasteiger partial charge on any atom is -0.490 e. The highest BCUT2D eigenvalue weighted by Gasteiger charge is 2.11. The summed E-state index contributed by atoms with van der Waals surface area (Å²) >= 11 is 1.61. The number of nitrogens with two attached hydrogens (primary N) is 1. The van der Waals surface area contributed by atoms with E-state index in [4.69, 9.17) is 15.2 Å². The lowest BCUT2D eigenvalue weighted by atomic mass is 10.2. The summed E-state index contributed by atoms with van der Waals surface area (Å²) in [5, 5.41) is 6.11. The SMILES string of the molecule is CC(C)c1csc(CN=C(N)Nc2ccc3c(c2)OCCCO3)n1. The van der Waals surface area contributed by atoms with E-state index in [-0.39, 0.29) is 0 Å². The Bertz CT molecular complexity index is 727. The van der Waals surface area contributed by atoms with Crippen molar-refractivity contribution in [3.8, 4) is 11.5 Å². The third kappa shape index (κ3) is 4.17. The fraction of sp³-hybridized carbons (Fsp3) is 0.412. The van der Waals surface area contributed by atoms with Crippen molar-refractivity contribution < 1.29 is 9.47 Å². The molecule has 24 heavy (non-hydrogen) atoms. The fourth-order valence-corrected chi connectivity index (χ4v) is 3.12. The van der Waals surface area contributed by atoms with Gasteiger partial charge in [-0.25, -0.2) is 9.98 Å². The first kappa shape index (κ1) is 16.6. The lowest BCUT2D eigenvalue weighted by Crippen LogP contribution is -2.22. The quantitative estimate of drug-likeness (QED) is 0.655. The van der Waals surface area contributed by atoms with Gasteiger partial charge >= 0.3 is 0 Å². The Morgan fingerprint density at radius 2 is 2.12 bits per heavy atom. The van der Waals surface area contributed by atoms with Gasteiger partial charge in [-0.1, -0.05) is 13.8 Å². The molecule has 128 valence electrons. The Hall–Kier alpha value is -2.28. The van der Waals surface area contributed by atoms with E-state index in [1.54, 1.807) is 11.3 Å². The molecule has 1 aromatic carbocycles. The zero-order valence-electron chi connectivity index (χ0n) is 13.9. The Labute approximate surface area is 145 Å². The number of anilines is 1. The van der Waals surface area contributed by atoms with Crippen LogP contribution in [-0.4, -0.2) is 24.2 Å². The van der Waals surface area contributed by atoms with Crippen molar-refractivity contribution in [1.29, 1.82) is 0 Å². The molecule has 7 heteroatoms. The lowest BCUT2D eigenvalue weighted by Gasteiger charge is -2.10. The second-order valence-electron chi connectivity index (χ2n) is 5.86. The monoisotopic (exact) mass is 346 g/mol. The Morgan fingerprint density at radius 1 is 1.33 bits per heavy atom. The zero-order chi connectivity index (χ0) is 16.9. The van der Waals surface area contributed by atoms with Crippen molar-refractivity contribution in [3.05, 3.63) is 34.3 Å². The van der Waals surface area contributed by atoms with Gasteiger partial charge in [-0.15, -0.1) is 11.3 Å². The number of hydrogen-bond acceptors (Lipinski definition) is 5. The molecule has 1 aromatic heterocycles. The van der Waals surface area contributed by atoms with Gasteiger partial charge in [0, 0.05) is 23.6 Å². The average molecular weight is 346 g/mol. The summed E-state index contributed by atoms with van der Waals surface area (Å²) in [4.78, 5) is 8.90. The molecule has 6 nitrogen and oxygen atoms in total. The van der Waals surface area contributed by atoms with Crippen LogP contribution in [0.2, 0.25) is 0 Å². The summed E-state index contributed by atoms with van der Waals surface area (Å²) in [5.41, 5.74) is 7.89. The number of benzene rings is 1. The predicted molar refractivity (Wildman–Crippen MR) is 97.2 cm³/mol. The molecule has 0 fully saturated rings. The predicted octanol–water partition coefficient (Wildman–Crippen LogP) is 3.35. The number of thiazole rings is 1. The molecular formula is C17H22N4O2S. The Morgan fingerprint density at radius 3 is 2.88 bits per heavy atom. The van der Waals surface area contributed by atoms with E-state index in [0.717, 1.165) is 34.3 Å². The van der Waals surface area contributed by atoms with Gasteiger partial charge in [0.05, 0.1) is 25.5 Å². The summed E-state index contributed by atoms with van der Waals surface area (Å²) in [6.07, 6.45) is 0.882. The second kappa shape index (κ2) is 7.53. The summed E-state index contributed by atoms with van der Waals surface area (Å²) in [6, 6.07) is 5.66. The first-order valence-corrected chi connectivity index (χ1v) is 8.90. The molecule has 0 aliphatic carbocycles. The number of aromatic nitrogens is 1. The summed E-state index contributed by atoms with van der Waals surface area (Å²) in [7, 11) is 0. The third-order valence-corrected chi connectivity index (χ3v) is 4.42. The van der Waals surface area contributed by atoms with Crippen molar-refractivity contribution in [2.75, 3.05) is 18.5 Å². The molecule has 1 aliphatic rings. The maximum atomic E-state index is 5.97. The number of rotatable bonds is 4. The third-order valence-electron chi connectivity index (χ3n) is 3.57. The molecule has 0 saturated carbocycles. The molecule has 0 spiro atoms. The standard InChI is InChI=1S/C17H22N4O2S/c1-11(2)13-10-24-16(21-13)9-19-17(18)20-12-4-5-14-15(8-12)23-7-3-6-22-14/h4-5,8,10-11H,3,6-7,9H2,1-2H3,(H3,18,19,20). The van der Waals surface area contributed by atoms with Crippen molar-refractivity contribution in [2.24, 2.45) is 10.7 Å². The normalized spacial score (nSPS) is 14.5. The molecule has 1 aliphatic heterocycles. The smallest absolute Gasteiger partial charge is 0.193 e. The molecule has 0 saturated heterocycles. The maximum Gasteiger partial charge on any atom is 0.193 e. The van der Waals surface area contributed by atoms with Crippen molar-refractivity contribution in [3.63, 3.8) is 0 Å². The Kier molecular flexibility index (Phi) is 5.20. The topological polar surface area (TPSA) is 81.8 Å². The molecule has 0 unspecified atom stereocenters. The summed E-state index contributed by atoms with van der Waals surface area (Å²) < 4.78 is 11.3. The van der Waals surface area contributed by atoms with Crippen LogP contribution in [0.15, 0.2) is 28.6 Å². The van der Waals surface area contributed by atoms with Crippen LogP contribution in [0.1, 0.15) is 36.9 Å². The van der Waals surface area contributed by atoms with E-state index in [0.29, 0.717) is 31.6 Å². The van der Waals surface area contributed by atoms with Crippen LogP contribution in [0, 0.1) is 0 Å². The van der Waals surface area contributed by atoms with E-state index in [9.17, 15) is 0 Å². The molecule has 0 amide bonds. The number of nitrogens with zero attached hydrogens (tertiary/aromatic N) is 2. The molecule has 2 aromatic rings. The highest BCUT2D eigenvalue weighted by Crippen LogP contribution is 2.32. The minimum absolute atomic E-state index is 0.353. The van der Waals surface area contributed by atoms with E-state index < -0.39 is 0 Å². The van der Waals surface area contributed by atoms with Gasteiger partial charge < -0.3 is 20.5 Å². The summed E-state index contributed by atoms with van der Waals surface area (Å²) in [5.74, 6) is 2.27. The molecule has 3 N–H and O–H groups in total. The maximum absolute atomic E-state index is 5.97. The van der Waals surface area contributed by atoms with Gasteiger partial charge in [0.2, 0.25) is 0 Å². The van der Waals surface area contributed by atoms with E-state index >= 15 is 0 Å². The van der Waals surface area contributed by atoms with Gasteiger partial charge in [0.1, 0.15) is 5.01 Å².